The average molecular weight is 420 g/mol. The van der Waals surface area contributed by atoms with Crippen molar-refractivity contribution in [2.75, 3.05) is 4.90 Å². The van der Waals surface area contributed by atoms with E-state index < -0.39 is 6.61 Å². The SMILES string of the molecule is C[C@@H](NC1=C[C@@H](c2ccccc2)N(c2ccc(OC(F)F)cc2)C1=O)c1ccccc1. The van der Waals surface area contributed by atoms with E-state index >= 15 is 0 Å². The molecule has 1 aliphatic heterocycles. The van der Waals surface area contributed by atoms with Crippen molar-refractivity contribution < 1.29 is 18.3 Å². The molecule has 3 aromatic carbocycles. The van der Waals surface area contributed by atoms with Crippen LogP contribution in [0.5, 0.6) is 5.75 Å². The number of halogens is 2. The number of carbonyl (C=O) groups excluding carboxylic acids is 1. The summed E-state index contributed by atoms with van der Waals surface area (Å²) in [5.74, 6) is -0.134. The number of carbonyl (C=O) groups is 1. The topological polar surface area (TPSA) is 41.6 Å². The lowest BCUT2D eigenvalue weighted by atomic mass is 10.1. The highest BCUT2D eigenvalue weighted by Crippen LogP contribution is 2.36. The summed E-state index contributed by atoms with van der Waals surface area (Å²) >= 11 is 0. The summed E-state index contributed by atoms with van der Waals surface area (Å²) in [4.78, 5) is 15.0. The van der Waals surface area contributed by atoms with Gasteiger partial charge in [-0.05, 0) is 48.4 Å². The number of nitrogens with one attached hydrogen (secondary N) is 1. The van der Waals surface area contributed by atoms with Crippen molar-refractivity contribution in [1.82, 2.24) is 5.32 Å². The Labute approximate surface area is 179 Å². The number of rotatable bonds is 7. The number of ether oxygens (including phenoxy) is 1. The average Bonchev–Trinajstić information content (AvgIpc) is 3.11. The monoisotopic (exact) mass is 420 g/mol. The Bertz CT molecular complexity index is 1050. The molecule has 158 valence electrons. The highest BCUT2D eigenvalue weighted by atomic mass is 19.3. The lowest BCUT2D eigenvalue weighted by Gasteiger charge is -2.26. The molecule has 4 rings (SSSR count). The zero-order chi connectivity index (χ0) is 21.8. The van der Waals surface area contributed by atoms with Crippen LogP contribution in [0.1, 0.15) is 30.1 Å². The molecule has 0 unspecified atom stereocenters. The molecule has 0 radical (unpaired) electrons. The minimum atomic E-state index is -2.90. The van der Waals surface area contributed by atoms with Crippen LogP contribution in [0, 0.1) is 0 Å². The summed E-state index contributed by atoms with van der Waals surface area (Å²) < 4.78 is 29.4. The fourth-order valence-corrected chi connectivity index (χ4v) is 3.69. The van der Waals surface area contributed by atoms with Gasteiger partial charge in [0.15, 0.2) is 0 Å². The van der Waals surface area contributed by atoms with E-state index in [2.05, 4.69) is 10.1 Å². The van der Waals surface area contributed by atoms with Gasteiger partial charge in [0.2, 0.25) is 0 Å². The van der Waals surface area contributed by atoms with Crippen molar-refractivity contribution in [2.45, 2.75) is 25.6 Å². The van der Waals surface area contributed by atoms with Gasteiger partial charge in [0.1, 0.15) is 5.75 Å². The molecule has 0 saturated heterocycles. The van der Waals surface area contributed by atoms with Crippen LogP contribution >= 0.6 is 0 Å². The van der Waals surface area contributed by atoms with Gasteiger partial charge in [-0.1, -0.05) is 60.7 Å². The van der Waals surface area contributed by atoms with Crippen LogP contribution in [0.15, 0.2) is 96.7 Å². The van der Waals surface area contributed by atoms with Gasteiger partial charge in [-0.15, -0.1) is 0 Å². The predicted octanol–water partition coefficient (Wildman–Crippen LogP) is 5.61. The van der Waals surface area contributed by atoms with Crippen molar-refractivity contribution in [2.24, 2.45) is 0 Å². The van der Waals surface area contributed by atoms with Crippen LogP contribution in [-0.4, -0.2) is 12.5 Å². The van der Waals surface area contributed by atoms with Crippen LogP contribution in [-0.2, 0) is 4.79 Å². The molecule has 0 saturated carbocycles. The Morgan fingerprint density at radius 1 is 0.903 bits per heavy atom. The number of alkyl halides is 2. The van der Waals surface area contributed by atoms with Crippen molar-refractivity contribution in [3.8, 4) is 5.75 Å². The molecule has 2 atom stereocenters. The van der Waals surface area contributed by atoms with E-state index in [1.165, 1.54) is 12.1 Å². The molecule has 1 heterocycles. The van der Waals surface area contributed by atoms with E-state index in [9.17, 15) is 13.6 Å². The van der Waals surface area contributed by atoms with Crippen molar-refractivity contribution in [3.05, 3.63) is 108 Å². The third-order valence-electron chi connectivity index (χ3n) is 5.20. The van der Waals surface area contributed by atoms with Gasteiger partial charge in [-0.3, -0.25) is 9.69 Å². The number of anilines is 1. The first-order valence-electron chi connectivity index (χ1n) is 9.99. The first-order valence-corrected chi connectivity index (χ1v) is 9.99. The quantitative estimate of drug-likeness (QED) is 0.540. The van der Waals surface area contributed by atoms with Gasteiger partial charge in [-0.25, -0.2) is 0 Å². The highest BCUT2D eigenvalue weighted by molar-refractivity contribution is 6.08. The molecule has 1 amide bonds. The Morgan fingerprint density at radius 3 is 2.13 bits per heavy atom. The summed E-state index contributed by atoms with van der Waals surface area (Å²) in [5, 5.41) is 3.33. The summed E-state index contributed by atoms with van der Waals surface area (Å²) in [7, 11) is 0. The fraction of sp³-hybridized carbons (Fsp3) is 0.160. The molecule has 6 heteroatoms. The predicted molar refractivity (Wildman–Crippen MR) is 116 cm³/mol. The van der Waals surface area contributed by atoms with Crippen molar-refractivity contribution in [3.63, 3.8) is 0 Å². The zero-order valence-electron chi connectivity index (χ0n) is 16.9. The minimum absolute atomic E-state index is 0.0469. The molecule has 3 aromatic rings. The van der Waals surface area contributed by atoms with E-state index in [0.717, 1.165) is 11.1 Å². The number of hydrogen-bond donors (Lipinski definition) is 1. The van der Waals surface area contributed by atoms with Gasteiger partial charge in [0.05, 0.1) is 11.7 Å². The van der Waals surface area contributed by atoms with Gasteiger partial charge in [-0.2, -0.15) is 8.78 Å². The summed E-state index contributed by atoms with van der Waals surface area (Å²) in [5.41, 5.74) is 3.12. The van der Waals surface area contributed by atoms with Crippen molar-refractivity contribution in [1.29, 1.82) is 0 Å². The van der Waals surface area contributed by atoms with E-state index in [4.69, 9.17) is 0 Å². The smallest absolute Gasteiger partial charge is 0.387 e. The zero-order valence-corrected chi connectivity index (χ0v) is 16.9. The first kappa shape index (κ1) is 20.6. The third kappa shape index (κ3) is 4.58. The summed E-state index contributed by atoms with van der Waals surface area (Å²) in [6.45, 7) is -0.895. The van der Waals surface area contributed by atoms with Gasteiger partial charge < -0.3 is 10.1 Å². The molecular weight excluding hydrogens is 398 g/mol. The molecule has 31 heavy (non-hydrogen) atoms. The standard InChI is InChI=1S/C25H22F2N2O2/c1-17(18-8-4-2-5-9-18)28-22-16-23(19-10-6-3-7-11-19)29(24(22)30)20-12-14-21(15-13-20)31-25(26)27/h2-17,23,25,28H,1H3/t17-,23+/m1/s1. The van der Waals surface area contributed by atoms with E-state index in [0.29, 0.717) is 11.4 Å². The minimum Gasteiger partial charge on any atom is -0.435 e. The molecule has 0 aliphatic carbocycles. The number of hydrogen-bond acceptors (Lipinski definition) is 3. The van der Waals surface area contributed by atoms with E-state index in [1.807, 2.05) is 73.7 Å². The number of nitrogens with zero attached hydrogens (tertiary/aromatic N) is 1. The summed E-state index contributed by atoms with van der Waals surface area (Å²) in [6.07, 6.45) is 1.90. The Kier molecular flexibility index (Phi) is 5.98. The molecule has 4 nitrogen and oxygen atoms in total. The highest BCUT2D eigenvalue weighted by Gasteiger charge is 2.35. The molecular formula is C25H22F2N2O2. The van der Waals surface area contributed by atoms with Crippen LogP contribution in [0.3, 0.4) is 0 Å². The second-order valence-electron chi connectivity index (χ2n) is 7.26. The second-order valence-corrected chi connectivity index (χ2v) is 7.26. The van der Waals surface area contributed by atoms with Crippen LogP contribution < -0.4 is 15.0 Å². The maximum absolute atomic E-state index is 13.4. The van der Waals surface area contributed by atoms with Crippen LogP contribution in [0.25, 0.3) is 0 Å². The number of amides is 1. The fourth-order valence-electron chi connectivity index (χ4n) is 3.69. The molecule has 0 spiro atoms. The number of benzene rings is 3. The van der Waals surface area contributed by atoms with Crippen LogP contribution in [0.4, 0.5) is 14.5 Å². The van der Waals surface area contributed by atoms with E-state index in [1.54, 1.807) is 17.0 Å². The van der Waals surface area contributed by atoms with Gasteiger partial charge in [0.25, 0.3) is 5.91 Å². The van der Waals surface area contributed by atoms with Gasteiger partial charge in [0, 0.05) is 11.7 Å². The second kappa shape index (κ2) is 9.00. The van der Waals surface area contributed by atoms with E-state index in [-0.39, 0.29) is 23.7 Å². The maximum Gasteiger partial charge on any atom is 0.387 e. The first-order chi connectivity index (χ1) is 15.0. The third-order valence-corrected chi connectivity index (χ3v) is 5.20. The van der Waals surface area contributed by atoms with Crippen LogP contribution in [0.2, 0.25) is 0 Å². The Hall–Kier alpha value is -3.67. The Balaban J connectivity index is 1.63. The van der Waals surface area contributed by atoms with Gasteiger partial charge >= 0.3 is 6.61 Å². The maximum atomic E-state index is 13.4. The lowest BCUT2D eigenvalue weighted by Crippen LogP contribution is -2.33. The molecule has 0 fully saturated rings. The lowest BCUT2D eigenvalue weighted by molar-refractivity contribution is -0.115. The molecule has 0 aromatic heterocycles. The Morgan fingerprint density at radius 2 is 1.52 bits per heavy atom. The van der Waals surface area contributed by atoms with Crippen molar-refractivity contribution >= 4 is 11.6 Å². The normalized spacial score (nSPS) is 16.9. The molecule has 0 bridgehead atoms. The largest absolute Gasteiger partial charge is 0.435 e. The molecule has 1 aliphatic rings. The molecule has 1 N–H and O–H groups in total. The summed E-state index contributed by atoms with van der Waals surface area (Å²) in [6, 6.07) is 25.3.